The Morgan fingerprint density at radius 1 is 1.00 bits per heavy atom. The van der Waals surface area contributed by atoms with Crippen molar-refractivity contribution in [2.24, 2.45) is 5.92 Å². The lowest BCUT2D eigenvalue weighted by atomic mass is 9.96. The van der Waals surface area contributed by atoms with Gasteiger partial charge in [0.15, 0.2) is 11.5 Å². The molecule has 1 saturated heterocycles. The van der Waals surface area contributed by atoms with Crippen LogP contribution >= 0.6 is 0 Å². The van der Waals surface area contributed by atoms with Gasteiger partial charge in [-0.2, -0.15) is 9.40 Å². The average molecular weight is 446 g/mol. The number of fused-ring (bicyclic) bond motifs is 2. The third-order valence-corrected chi connectivity index (χ3v) is 8.32. The fraction of sp³-hybridized carbons (Fsp3) is 0.545. The smallest absolute Gasteiger partial charge is 0.267 e. The fourth-order valence-electron chi connectivity index (χ4n) is 4.64. The number of aromatic nitrogens is 2. The first kappa shape index (κ1) is 20.5. The molecule has 0 saturated carbocycles. The third-order valence-electron chi connectivity index (χ3n) is 6.43. The lowest BCUT2D eigenvalue weighted by molar-refractivity contribution is 0.171. The molecule has 0 unspecified atom stereocenters. The van der Waals surface area contributed by atoms with Gasteiger partial charge in [0.2, 0.25) is 10.0 Å². The summed E-state index contributed by atoms with van der Waals surface area (Å²) in [7, 11) is -3.60. The molecule has 0 N–H and O–H groups in total. The van der Waals surface area contributed by atoms with E-state index in [2.05, 4.69) is 5.10 Å². The molecule has 0 atom stereocenters. The van der Waals surface area contributed by atoms with Crippen molar-refractivity contribution < 1.29 is 17.9 Å². The number of aryl methyl sites for hydroxylation is 2. The predicted molar refractivity (Wildman–Crippen MR) is 114 cm³/mol. The highest BCUT2D eigenvalue weighted by atomic mass is 32.2. The van der Waals surface area contributed by atoms with Crippen molar-refractivity contribution in [1.29, 1.82) is 0 Å². The molecule has 2 aliphatic heterocycles. The molecule has 0 bridgehead atoms. The van der Waals surface area contributed by atoms with Crippen LogP contribution in [0.15, 0.2) is 34.0 Å². The number of benzene rings is 1. The maximum atomic E-state index is 13.1. The zero-order chi connectivity index (χ0) is 21.4. The molecule has 2 aromatic rings. The van der Waals surface area contributed by atoms with E-state index >= 15 is 0 Å². The normalized spacial score (nSPS) is 19.7. The van der Waals surface area contributed by atoms with E-state index in [1.807, 2.05) is 0 Å². The van der Waals surface area contributed by atoms with E-state index < -0.39 is 10.0 Å². The molecule has 0 amide bonds. The van der Waals surface area contributed by atoms with Crippen molar-refractivity contribution in [1.82, 2.24) is 14.1 Å². The van der Waals surface area contributed by atoms with Crippen molar-refractivity contribution in [3.05, 3.63) is 45.9 Å². The molecular formula is C22H27N3O5S. The van der Waals surface area contributed by atoms with Crippen molar-refractivity contribution in [2.45, 2.75) is 50.0 Å². The van der Waals surface area contributed by atoms with Crippen molar-refractivity contribution in [2.75, 3.05) is 26.3 Å². The van der Waals surface area contributed by atoms with E-state index in [1.165, 1.54) is 4.31 Å². The maximum Gasteiger partial charge on any atom is 0.267 e. The molecule has 0 radical (unpaired) electrons. The Balaban J connectivity index is 1.26. The Labute approximate surface area is 181 Å². The van der Waals surface area contributed by atoms with Gasteiger partial charge in [0, 0.05) is 31.8 Å². The third kappa shape index (κ3) is 4.08. The molecule has 8 nitrogen and oxygen atoms in total. The van der Waals surface area contributed by atoms with Crippen LogP contribution in [0, 0.1) is 5.92 Å². The summed E-state index contributed by atoms with van der Waals surface area (Å²) in [6, 6.07) is 6.52. The second kappa shape index (κ2) is 8.27. The Bertz CT molecular complexity index is 1140. The van der Waals surface area contributed by atoms with E-state index in [-0.39, 0.29) is 16.4 Å². The minimum absolute atomic E-state index is 0.0491. The second-order valence-electron chi connectivity index (χ2n) is 8.50. The minimum Gasteiger partial charge on any atom is -0.486 e. The van der Waals surface area contributed by atoms with E-state index in [0.29, 0.717) is 57.2 Å². The molecular weight excluding hydrogens is 418 g/mol. The highest BCUT2D eigenvalue weighted by Gasteiger charge is 2.31. The summed E-state index contributed by atoms with van der Waals surface area (Å²) in [5.41, 5.74) is 2.09. The van der Waals surface area contributed by atoms with Gasteiger partial charge in [0.25, 0.3) is 5.56 Å². The molecule has 1 aromatic heterocycles. The van der Waals surface area contributed by atoms with Gasteiger partial charge < -0.3 is 9.47 Å². The van der Waals surface area contributed by atoms with Gasteiger partial charge >= 0.3 is 0 Å². The standard InChI is InChI=1S/C22H27N3O5S/c26-22-13-17-3-1-2-4-19(17)23-25(22)15-16-7-9-24(10-8-16)31(27,28)18-5-6-20-21(14-18)30-12-11-29-20/h5-6,13-14,16H,1-4,7-12,15H2. The summed E-state index contributed by atoms with van der Waals surface area (Å²) in [5.74, 6) is 1.28. The van der Waals surface area contributed by atoms with Crippen molar-refractivity contribution in [3.63, 3.8) is 0 Å². The van der Waals surface area contributed by atoms with E-state index in [9.17, 15) is 13.2 Å². The number of nitrogens with zero attached hydrogens (tertiary/aromatic N) is 3. The van der Waals surface area contributed by atoms with Crippen LogP contribution < -0.4 is 15.0 Å². The van der Waals surface area contributed by atoms with E-state index in [0.717, 1.165) is 36.9 Å². The monoisotopic (exact) mass is 445 g/mol. The topological polar surface area (TPSA) is 90.7 Å². The summed E-state index contributed by atoms with van der Waals surface area (Å²) in [6.07, 6.45) is 5.52. The van der Waals surface area contributed by atoms with Crippen molar-refractivity contribution >= 4 is 10.0 Å². The molecule has 3 aliphatic rings. The molecule has 0 spiro atoms. The number of piperidine rings is 1. The molecule has 166 valence electrons. The van der Waals surface area contributed by atoms with Gasteiger partial charge in [-0.15, -0.1) is 0 Å². The number of rotatable bonds is 4. The highest BCUT2D eigenvalue weighted by Crippen LogP contribution is 2.34. The van der Waals surface area contributed by atoms with Crippen LogP contribution in [0.3, 0.4) is 0 Å². The van der Waals surface area contributed by atoms with E-state index in [4.69, 9.17) is 9.47 Å². The lowest BCUT2D eigenvalue weighted by Gasteiger charge is -2.31. The summed E-state index contributed by atoms with van der Waals surface area (Å²) in [6.45, 7) is 2.29. The van der Waals surface area contributed by atoms with Crippen LogP contribution in [-0.2, 0) is 29.4 Å². The first-order chi connectivity index (χ1) is 15.0. The molecule has 1 aliphatic carbocycles. The summed E-state index contributed by atoms with van der Waals surface area (Å²) in [5, 5.41) is 4.61. The average Bonchev–Trinajstić information content (AvgIpc) is 2.79. The predicted octanol–water partition coefficient (Wildman–Crippen LogP) is 1.99. The first-order valence-electron chi connectivity index (χ1n) is 11.0. The molecule has 3 heterocycles. The maximum absolute atomic E-state index is 13.1. The van der Waals surface area contributed by atoms with Crippen LogP contribution in [0.5, 0.6) is 11.5 Å². The quantitative estimate of drug-likeness (QED) is 0.715. The van der Waals surface area contributed by atoms with Gasteiger partial charge in [-0.25, -0.2) is 13.1 Å². The summed E-state index contributed by atoms with van der Waals surface area (Å²) in [4.78, 5) is 12.7. The summed E-state index contributed by atoms with van der Waals surface area (Å²) >= 11 is 0. The number of ether oxygens (including phenoxy) is 2. The molecule has 1 aromatic carbocycles. The first-order valence-corrected chi connectivity index (χ1v) is 12.4. The SMILES string of the molecule is O=c1cc2c(nn1CC1CCN(S(=O)(=O)c3ccc4c(c3)OCCO4)CC1)CCCC2. The fourth-order valence-corrected chi connectivity index (χ4v) is 6.13. The molecule has 31 heavy (non-hydrogen) atoms. The molecule has 5 rings (SSSR count). The van der Waals surface area contributed by atoms with Crippen molar-refractivity contribution in [3.8, 4) is 11.5 Å². The lowest BCUT2D eigenvalue weighted by Crippen LogP contribution is -2.40. The van der Waals surface area contributed by atoms with Crippen LogP contribution in [0.4, 0.5) is 0 Å². The van der Waals surface area contributed by atoms with Gasteiger partial charge in [0.1, 0.15) is 13.2 Å². The Morgan fingerprint density at radius 2 is 1.74 bits per heavy atom. The molecule has 9 heteroatoms. The van der Waals surface area contributed by atoms with Crippen LogP contribution in [0.1, 0.15) is 36.9 Å². The zero-order valence-corrected chi connectivity index (χ0v) is 18.3. The number of sulfonamides is 1. The Hall–Kier alpha value is -2.39. The van der Waals surface area contributed by atoms with Crippen LogP contribution in [0.2, 0.25) is 0 Å². The van der Waals surface area contributed by atoms with Gasteiger partial charge in [-0.3, -0.25) is 4.79 Å². The largest absolute Gasteiger partial charge is 0.486 e. The number of hydrogen-bond donors (Lipinski definition) is 0. The van der Waals surface area contributed by atoms with Crippen LogP contribution in [0.25, 0.3) is 0 Å². The van der Waals surface area contributed by atoms with Crippen LogP contribution in [-0.4, -0.2) is 48.8 Å². The summed E-state index contributed by atoms with van der Waals surface area (Å²) < 4.78 is 40.4. The van der Waals surface area contributed by atoms with Gasteiger partial charge in [0.05, 0.1) is 10.6 Å². The Morgan fingerprint density at radius 3 is 2.55 bits per heavy atom. The van der Waals surface area contributed by atoms with Gasteiger partial charge in [-0.1, -0.05) is 0 Å². The minimum atomic E-state index is -3.60. The van der Waals surface area contributed by atoms with E-state index in [1.54, 1.807) is 28.9 Å². The van der Waals surface area contributed by atoms with Gasteiger partial charge in [-0.05, 0) is 62.1 Å². The zero-order valence-electron chi connectivity index (χ0n) is 17.5. The second-order valence-corrected chi connectivity index (χ2v) is 10.4. The molecule has 1 fully saturated rings. The Kier molecular flexibility index (Phi) is 5.47. The number of hydrogen-bond acceptors (Lipinski definition) is 6. The highest BCUT2D eigenvalue weighted by molar-refractivity contribution is 7.89.